The van der Waals surface area contributed by atoms with Gasteiger partial charge in [0.05, 0.1) is 0 Å². The molecular weight excluding hydrogens is 210 g/mol. The minimum Gasteiger partial charge on any atom is -0.398 e. The molecule has 1 unspecified atom stereocenters. The molecule has 15 heavy (non-hydrogen) atoms. The third-order valence-corrected chi connectivity index (χ3v) is 3.41. The van der Waals surface area contributed by atoms with E-state index in [-0.39, 0.29) is 0 Å². The molecule has 0 spiro atoms. The van der Waals surface area contributed by atoms with Crippen LogP contribution in [-0.4, -0.2) is 27.2 Å². The average Bonchev–Trinajstić information content (AvgIpc) is 2.23. The van der Waals surface area contributed by atoms with Crippen LogP contribution in [0.5, 0.6) is 0 Å². The fourth-order valence-electron chi connectivity index (χ4n) is 1.07. The molecule has 4 nitrogen and oxygen atoms in total. The van der Waals surface area contributed by atoms with Crippen molar-refractivity contribution in [1.82, 2.24) is 4.98 Å². The molecule has 0 aliphatic carbocycles. The van der Waals surface area contributed by atoms with Crippen LogP contribution in [0, 0.1) is 6.92 Å². The largest absolute Gasteiger partial charge is 0.398 e. The Morgan fingerprint density at radius 3 is 2.93 bits per heavy atom. The van der Waals surface area contributed by atoms with Gasteiger partial charge in [-0.2, -0.15) is 0 Å². The molecule has 1 heterocycles. The first kappa shape index (κ1) is 12.0. The fraction of sp³-hybridized carbons (Fsp3) is 0.500. The lowest BCUT2D eigenvalue weighted by molar-refractivity contribution is 0.684. The summed E-state index contributed by atoms with van der Waals surface area (Å²) in [6, 6.07) is 1.80. The van der Waals surface area contributed by atoms with Crippen molar-refractivity contribution < 1.29 is 4.21 Å². The van der Waals surface area contributed by atoms with Gasteiger partial charge in [0, 0.05) is 46.8 Å². The van der Waals surface area contributed by atoms with Crippen LogP contribution < -0.4 is 11.1 Å². The zero-order valence-corrected chi connectivity index (χ0v) is 9.93. The summed E-state index contributed by atoms with van der Waals surface area (Å²) in [7, 11) is -0.732. The SMILES string of the molecule is CCS(=O)CCNc1cc(N)c(C)cn1. The zero-order chi connectivity index (χ0) is 11.3. The summed E-state index contributed by atoms with van der Waals surface area (Å²) in [6.45, 7) is 4.49. The first-order valence-corrected chi connectivity index (χ1v) is 6.43. The molecule has 0 aliphatic rings. The second-order valence-electron chi connectivity index (χ2n) is 3.29. The lowest BCUT2D eigenvalue weighted by Gasteiger charge is -2.06. The van der Waals surface area contributed by atoms with E-state index in [0.29, 0.717) is 18.1 Å². The average molecular weight is 227 g/mol. The topological polar surface area (TPSA) is 68.0 Å². The quantitative estimate of drug-likeness (QED) is 0.792. The molecular formula is C10H17N3OS. The number of aromatic nitrogens is 1. The minimum atomic E-state index is -0.732. The summed E-state index contributed by atoms with van der Waals surface area (Å²) < 4.78 is 11.1. The molecule has 0 aliphatic heterocycles. The van der Waals surface area contributed by atoms with Gasteiger partial charge in [-0.05, 0) is 12.5 Å². The van der Waals surface area contributed by atoms with Gasteiger partial charge >= 0.3 is 0 Å². The van der Waals surface area contributed by atoms with Gasteiger partial charge in [-0.15, -0.1) is 0 Å². The molecule has 1 aromatic rings. The van der Waals surface area contributed by atoms with Gasteiger partial charge in [0.1, 0.15) is 5.82 Å². The first-order valence-electron chi connectivity index (χ1n) is 4.94. The van der Waals surface area contributed by atoms with Crippen molar-refractivity contribution in [2.24, 2.45) is 0 Å². The number of nitrogen functional groups attached to an aromatic ring is 1. The van der Waals surface area contributed by atoms with E-state index in [4.69, 9.17) is 5.73 Å². The third-order valence-electron chi connectivity index (χ3n) is 2.10. The number of rotatable bonds is 5. The Hall–Kier alpha value is -1.10. The molecule has 0 bridgehead atoms. The van der Waals surface area contributed by atoms with Crippen molar-refractivity contribution in [3.05, 3.63) is 17.8 Å². The molecule has 1 aromatic heterocycles. The van der Waals surface area contributed by atoms with Crippen LogP contribution in [0.4, 0.5) is 11.5 Å². The number of nitrogens with one attached hydrogen (secondary N) is 1. The molecule has 0 radical (unpaired) electrons. The highest BCUT2D eigenvalue weighted by atomic mass is 32.2. The Kier molecular flexibility index (Phi) is 4.55. The Balaban J connectivity index is 2.44. The number of hydrogen-bond acceptors (Lipinski definition) is 4. The monoisotopic (exact) mass is 227 g/mol. The van der Waals surface area contributed by atoms with Crippen LogP contribution in [0.2, 0.25) is 0 Å². The van der Waals surface area contributed by atoms with Crippen molar-refractivity contribution in [3.63, 3.8) is 0 Å². The van der Waals surface area contributed by atoms with Gasteiger partial charge in [-0.25, -0.2) is 4.98 Å². The van der Waals surface area contributed by atoms with E-state index < -0.39 is 10.8 Å². The van der Waals surface area contributed by atoms with E-state index in [2.05, 4.69) is 10.3 Å². The van der Waals surface area contributed by atoms with Gasteiger partial charge in [0.2, 0.25) is 0 Å². The van der Waals surface area contributed by atoms with Gasteiger partial charge in [0.15, 0.2) is 0 Å². The number of anilines is 2. The van der Waals surface area contributed by atoms with E-state index in [9.17, 15) is 4.21 Å². The van der Waals surface area contributed by atoms with E-state index >= 15 is 0 Å². The molecule has 84 valence electrons. The van der Waals surface area contributed by atoms with E-state index in [0.717, 1.165) is 17.1 Å². The molecule has 0 saturated carbocycles. The Labute approximate surface area is 92.7 Å². The zero-order valence-electron chi connectivity index (χ0n) is 9.12. The Morgan fingerprint density at radius 2 is 2.33 bits per heavy atom. The summed E-state index contributed by atoms with van der Waals surface area (Å²) in [5.74, 6) is 2.09. The van der Waals surface area contributed by atoms with E-state index in [1.807, 2.05) is 13.8 Å². The van der Waals surface area contributed by atoms with E-state index in [1.54, 1.807) is 12.3 Å². The molecule has 0 saturated heterocycles. The predicted molar refractivity (Wildman–Crippen MR) is 65.4 cm³/mol. The second-order valence-corrected chi connectivity index (χ2v) is 5.15. The summed E-state index contributed by atoms with van der Waals surface area (Å²) >= 11 is 0. The summed E-state index contributed by atoms with van der Waals surface area (Å²) in [6.07, 6.45) is 1.73. The van der Waals surface area contributed by atoms with Gasteiger partial charge in [-0.1, -0.05) is 6.92 Å². The first-order chi connectivity index (χ1) is 7.13. The standard InChI is InChI=1S/C10H17N3OS/c1-3-15(14)5-4-12-10-6-9(11)8(2)7-13-10/h6-7H,3-5H2,1-2H3,(H3,11,12,13). The van der Waals surface area contributed by atoms with Crippen LogP contribution in [0.15, 0.2) is 12.3 Å². The van der Waals surface area contributed by atoms with Crippen LogP contribution in [-0.2, 0) is 10.8 Å². The van der Waals surface area contributed by atoms with Crippen LogP contribution in [0.25, 0.3) is 0 Å². The van der Waals surface area contributed by atoms with Crippen molar-refractivity contribution >= 4 is 22.3 Å². The molecule has 0 aromatic carbocycles. The molecule has 5 heteroatoms. The maximum atomic E-state index is 11.1. The van der Waals surface area contributed by atoms with Gasteiger partial charge < -0.3 is 11.1 Å². The molecule has 0 fully saturated rings. The molecule has 1 rings (SSSR count). The number of pyridine rings is 1. The normalized spacial score (nSPS) is 12.4. The van der Waals surface area contributed by atoms with Gasteiger partial charge in [-0.3, -0.25) is 4.21 Å². The minimum absolute atomic E-state index is 0.645. The highest BCUT2D eigenvalue weighted by molar-refractivity contribution is 7.84. The van der Waals surface area contributed by atoms with Crippen LogP contribution in [0.3, 0.4) is 0 Å². The smallest absolute Gasteiger partial charge is 0.127 e. The molecule has 3 N–H and O–H groups in total. The van der Waals surface area contributed by atoms with Crippen LogP contribution in [0.1, 0.15) is 12.5 Å². The van der Waals surface area contributed by atoms with Crippen molar-refractivity contribution in [1.29, 1.82) is 0 Å². The number of nitrogens with zero attached hydrogens (tertiary/aromatic N) is 1. The summed E-state index contributed by atoms with van der Waals surface area (Å²) in [5, 5.41) is 3.09. The number of hydrogen-bond donors (Lipinski definition) is 2. The summed E-state index contributed by atoms with van der Waals surface area (Å²) in [5.41, 5.74) is 7.43. The highest BCUT2D eigenvalue weighted by Crippen LogP contribution is 2.12. The Bertz CT molecular complexity index is 355. The highest BCUT2D eigenvalue weighted by Gasteiger charge is 1.99. The lowest BCUT2D eigenvalue weighted by Crippen LogP contribution is -2.13. The summed E-state index contributed by atoms with van der Waals surface area (Å²) in [4.78, 5) is 4.17. The predicted octanol–water partition coefficient (Wildman–Crippen LogP) is 1.15. The van der Waals surface area contributed by atoms with Crippen molar-refractivity contribution in [3.8, 4) is 0 Å². The van der Waals surface area contributed by atoms with Crippen LogP contribution >= 0.6 is 0 Å². The van der Waals surface area contributed by atoms with Crippen molar-refractivity contribution in [2.75, 3.05) is 29.1 Å². The van der Waals surface area contributed by atoms with Gasteiger partial charge in [0.25, 0.3) is 0 Å². The number of nitrogens with two attached hydrogens (primary N) is 1. The van der Waals surface area contributed by atoms with Crippen molar-refractivity contribution in [2.45, 2.75) is 13.8 Å². The number of aryl methyl sites for hydroxylation is 1. The maximum absolute atomic E-state index is 11.1. The maximum Gasteiger partial charge on any atom is 0.127 e. The lowest BCUT2D eigenvalue weighted by atomic mass is 10.2. The second kappa shape index (κ2) is 5.70. The molecule has 1 atom stereocenters. The molecule has 0 amide bonds. The Morgan fingerprint density at radius 1 is 1.60 bits per heavy atom. The fourth-order valence-corrected chi connectivity index (χ4v) is 1.69. The third kappa shape index (κ3) is 3.87. The van der Waals surface area contributed by atoms with E-state index in [1.165, 1.54) is 0 Å².